The molecule has 20 heavy (non-hydrogen) atoms. The van der Waals surface area contributed by atoms with Gasteiger partial charge in [0.25, 0.3) is 5.91 Å². The first-order valence-corrected chi connectivity index (χ1v) is 6.47. The van der Waals surface area contributed by atoms with E-state index in [1.807, 2.05) is 24.3 Å². The van der Waals surface area contributed by atoms with Gasteiger partial charge in [-0.05, 0) is 6.07 Å². The maximum Gasteiger partial charge on any atom is 0.257 e. The van der Waals surface area contributed by atoms with Gasteiger partial charge in [0.1, 0.15) is 6.79 Å². The lowest BCUT2D eigenvalue weighted by Gasteiger charge is -2.37. The molecule has 1 aliphatic rings. The highest BCUT2D eigenvalue weighted by molar-refractivity contribution is 5.99. The van der Waals surface area contributed by atoms with Crippen molar-refractivity contribution in [2.45, 2.75) is 12.1 Å². The molecule has 0 spiro atoms. The smallest absolute Gasteiger partial charge is 0.257 e. The van der Waals surface area contributed by atoms with Crippen LogP contribution in [0.15, 0.2) is 49.6 Å². The van der Waals surface area contributed by atoms with Crippen LogP contribution in [0.4, 0.5) is 0 Å². The Kier molecular flexibility index (Phi) is 4.37. The van der Waals surface area contributed by atoms with Gasteiger partial charge in [0.05, 0.1) is 0 Å². The Morgan fingerprint density at radius 3 is 2.70 bits per heavy atom. The number of amides is 1. The Bertz CT molecular complexity index is 526. The average Bonchev–Trinajstić information content (AvgIpc) is 2.70. The van der Waals surface area contributed by atoms with Gasteiger partial charge in [0.15, 0.2) is 5.72 Å². The van der Waals surface area contributed by atoms with Crippen LogP contribution < -0.4 is 0 Å². The van der Waals surface area contributed by atoms with E-state index < -0.39 is 5.72 Å². The first-order valence-electron chi connectivity index (χ1n) is 6.47. The van der Waals surface area contributed by atoms with Gasteiger partial charge in [0.2, 0.25) is 0 Å². The van der Waals surface area contributed by atoms with Gasteiger partial charge in [-0.1, -0.05) is 30.4 Å². The van der Waals surface area contributed by atoms with Crippen molar-refractivity contribution in [2.75, 3.05) is 20.4 Å². The molecule has 2 rings (SSSR count). The molecule has 1 heterocycles. The number of carbonyl (C=O) groups excluding carboxylic acids is 1. The molecule has 0 aliphatic carbocycles. The Labute approximate surface area is 119 Å². The van der Waals surface area contributed by atoms with Crippen LogP contribution in [0.5, 0.6) is 0 Å². The fraction of sp³-hybridized carbons (Fsp3) is 0.312. The van der Waals surface area contributed by atoms with Gasteiger partial charge in [-0.15, -0.1) is 13.2 Å². The molecule has 1 aromatic carbocycles. The lowest BCUT2D eigenvalue weighted by atomic mass is 9.98. The Morgan fingerprint density at radius 1 is 1.30 bits per heavy atom. The molecule has 106 valence electrons. The van der Waals surface area contributed by atoms with Crippen molar-refractivity contribution in [3.8, 4) is 0 Å². The molecule has 1 aliphatic heterocycles. The fourth-order valence-corrected chi connectivity index (χ4v) is 2.61. The van der Waals surface area contributed by atoms with E-state index in [9.17, 15) is 4.79 Å². The van der Waals surface area contributed by atoms with E-state index in [2.05, 4.69) is 13.2 Å². The van der Waals surface area contributed by atoms with Crippen LogP contribution >= 0.6 is 0 Å². The highest BCUT2D eigenvalue weighted by Gasteiger charge is 2.49. The molecule has 1 aromatic rings. The number of fused-ring (bicyclic) bond motifs is 1. The standard InChI is InChI=1S/C16H19NO3/c1-4-10-16(20-12-19-3)14-9-7-6-8-13(14)15(18)17(16)11-5-2/h4-9H,1-2,10-12H2,3H3. The molecule has 1 atom stereocenters. The summed E-state index contributed by atoms with van der Waals surface area (Å²) in [6.07, 6.45) is 3.94. The Hall–Kier alpha value is -1.91. The third kappa shape index (κ3) is 2.17. The van der Waals surface area contributed by atoms with Crippen LogP contribution in [0, 0.1) is 0 Å². The number of hydrogen-bond donors (Lipinski definition) is 0. The van der Waals surface area contributed by atoms with Crippen molar-refractivity contribution in [3.63, 3.8) is 0 Å². The zero-order chi connectivity index (χ0) is 14.6. The minimum absolute atomic E-state index is 0.0570. The predicted octanol–water partition coefficient (Wildman–Crippen LogP) is 2.68. The molecule has 1 unspecified atom stereocenters. The van der Waals surface area contributed by atoms with Crippen molar-refractivity contribution >= 4 is 5.91 Å². The second-order valence-corrected chi connectivity index (χ2v) is 4.58. The van der Waals surface area contributed by atoms with Gasteiger partial charge < -0.3 is 14.4 Å². The van der Waals surface area contributed by atoms with Crippen LogP contribution in [-0.2, 0) is 15.2 Å². The largest absolute Gasteiger partial charge is 0.359 e. The lowest BCUT2D eigenvalue weighted by molar-refractivity contribution is -0.188. The van der Waals surface area contributed by atoms with Gasteiger partial charge >= 0.3 is 0 Å². The van der Waals surface area contributed by atoms with Crippen LogP contribution in [0.25, 0.3) is 0 Å². The number of benzene rings is 1. The van der Waals surface area contributed by atoms with Crippen molar-refractivity contribution < 1.29 is 14.3 Å². The molecule has 0 fully saturated rings. The summed E-state index contributed by atoms with van der Waals surface area (Å²) in [6, 6.07) is 7.48. The van der Waals surface area contributed by atoms with E-state index in [4.69, 9.17) is 9.47 Å². The van der Waals surface area contributed by atoms with Gasteiger partial charge in [0, 0.05) is 31.2 Å². The molecular weight excluding hydrogens is 254 g/mol. The highest BCUT2D eigenvalue weighted by atomic mass is 16.7. The van der Waals surface area contributed by atoms with Crippen molar-refractivity contribution in [2.24, 2.45) is 0 Å². The molecule has 0 bridgehead atoms. The van der Waals surface area contributed by atoms with Crippen molar-refractivity contribution in [1.82, 2.24) is 4.90 Å². The second kappa shape index (κ2) is 6.03. The van der Waals surface area contributed by atoms with Crippen LogP contribution in [0.1, 0.15) is 22.3 Å². The average molecular weight is 273 g/mol. The maximum atomic E-state index is 12.6. The third-order valence-electron chi connectivity index (χ3n) is 3.41. The van der Waals surface area contributed by atoms with E-state index in [1.54, 1.807) is 24.2 Å². The molecule has 0 N–H and O–H groups in total. The van der Waals surface area contributed by atoms with Crippen molar-refractivity contribution in [3.05, 3.63) is 60.7 Å². The summed E-state index contributed by atoms with van der Waals surface area (Å²) in [7, 11) is 1.56. The van der Waals surface area contributed by atoms with Crippen LogP contribution in [-0.4, -0.2) is 31.3 Å². The number of methoxy groups -OCH3 is 1. The number of hydrogen-bond acceptors (Lipinski definition) is 3. The molecule has 0 radical (unpaired) electrons. The molecular formula is C16H19NO3. The highest BCUT2D eigenvalue weighted by Crippen LogP contribution is 2.42. The lowest BCUT2D eigenvalue weighted by Crippen LogP contribution is -2.46. The summed E-state index contributed by atoms with van der Waals surface area (Å²) in [5, 5.41) is 0. The molecule has 0 saturated carbocycles. The van der Waals surface area contributed by atoms with Crippen LogP contribution in [0.3, 0.4) is 0 Å². The van der Waals surface area contributed by atoms with Gasteiger partial charge in [-0.25, -0.2) is 0 Å². The summed E-state index contributed by atoms with van der Waals surface area (Å²) < 4.78 is 10.9. The second-order valence-electron chi connectivity index (χ2n) is 4.58. The number of ether oxygens (including phenoxy) is 2. The van der Waals surface area contributed by atoms with Crippen LogP contribution in [0.2, 0.25) is 0 Å². The van der Waals surface area contributed by atoms with E-state index in [-0.39, 0.29) is 12.7 Å². The quantitative estimate of drug-likeness (QED) is 0.566. The van der Waals surface area contributed by atoms with E-state index in [0.29, 0.717) is 18.5 Å². The van der Waals surface area contributed by atoms with E-state index in [0.717, 1.165) is 5.56 Å². The SMILES string of the molecule is C=CCN1C(=O)c2ccccc2C1(CC=C)OCOC. The fourth-order valence-electron chi connectivity index (χ4n) is 2.61. The number of nitrogens with zero attached hydrogens (tertiary/aromatic N) is 1. The zero-order valence-corrected chi connectivity index (χ0v) is 11.7. The minimum atomic E-state index is -0.861. The first-order chi connectivity index (χ1) is 9.71. The van der Waals surface area contributed by atoms with Gasteiger partial charge in [-0.3, -0.25) is 4.79 Å². The normalized spacial score (nSPS) is 20.9. The van der Waals surface area contributed by atoms with E-state index >= 15 is 0 Å². The molecule has 4 nitrogen and oxygen atoms in total. The molecule has 0 aromatic heterocycles. The minimum Gasteiger partial charge on any atom is -0.359 e. The Balaban J connectivity index is 2.54. The van der Waals surface area contributed by atoms with Gasteiger partial charge in [-0.2, -0.15) is 0 Å². The predicted molar refractivity (Wildman–Crippen MR) is 77.1 cm³/mol. The molecule has 4 heteroatoms. The Morgan fingerprint density at radius 2 is 2.05 bits per heavy atom. The van der Waals surface area contributed by atoms with Crippen molar-refractivity contribution in [1.29, 1.82) is 0 Å². The topological polar surface area (TPSA) is 38.8 Å². The molecule has 1 amide bonds. The van der Waals surface area contributed by atoms with E-state index in [1.165, 1.54) is 0 Å². The summed E-state index contributed by atoms with van der Waals surface area (Å²) in [5.41, 5.74) is 0.649. The summed E-state index contributed by atoms with van der Waals surface area (Å²) >= 11 is 0. The zero-order valence-electron chi connectivity index (χ0n) is 11.7. The summed E-state index contributed by atoms with van der Waals surface area (Å²) in [4.78, 5) is 14.2. The number of carbonyl (C=O) groups is 1. The maximum absolute atomic E-state index is 12.6. The third-order valence-corrected chi connectivity index (χ3v) is 3.41. The summed E-state index contributed by atoms with van der Waals surface area (Å²) in [6.45, 7) is 8.01. The molecule has 0 saturated heterocycles. The number of rotatable bonds is 7. The summed E-state index contributed by atoms with van der Waals surface area (Å²) in [5.74, 6) is -0.0570. The first kappa shape index (κ1) is 14.5. The monoisotopic (exact) mass is 273 g/mol.